The van der Waals surface area contributed by atoms with Gasteiger partial charge in [-0.15, -0.1) is 0 Å². The first-order chi connectivity index (χ1) is 7.39. The van der Waals surface area contributed by atoms with Crippen molar-refractivity contribution in [1.29, 1.82) is 0 Å². The van der Waals surface area contributed by atoms with E-state index in [4.69, 9.17) is 5.11 Å². The molecular weight excluding hydrogens is 232 g/mol. The summed E-state index contributed by atoms with van der Waals surface area (Å²) in [6, 6.07) is 1.23. The molecule has 0 aliphatic carbocycles. The number of nitrogens with zero attached hydrogens (tertiary/aromatic N) is 2. The Morgan fingerprint density at radius 1 is 1.62 bits per heavy atom. The molecule has 0 aromatic carbocycles. The summed E-state index contributed by atoms with van der Waals surface area (Å²) in [5, 5.41) is 12.7. The van der Waals surface area contributed by atoms with E-state index in [0.29, 0.717) is 12.1 Å². The molecule has 1 aliphatic heterocycles. The van der Waals surface area contributed by atoms with E-state index in [9.17, 15) is 13.2 Å². The molecule has 6 nitrogen and oxygen atoms in total. The van der Waals surface area contributed by atoms with Crippen molar-refractivity contribution in [3.05, 3.63) is 17.5 Å². The number of rotatable bonds is 2. The van der Waals surface area contributed by atoms with Gasteiger partial charge < -0.3 is 5.11 Å². The molecule has 88 valence electrons. The third-order valence-corrected chi connectivity index (χ3v) is 4.45. The average molecular weight is 244 g/mol. The molecule has 1 fully saturated rings. The van der Waals surface area contributed by atoms with Crippen LogP contribution in [0.5, 0.6) is 0 Å². The molecule has 2 heterocycles. The third-order valence-electron chi connectivity index (χ3n) is 2.70. The van der Waals surface area contributed by atoms with Crippen LogP contribution in [0.25, 0.3) is 0 Å². The van der Waals surface area contributed by atoms with Crippen LogP contribution in [-0.4, -0.2) is 40.8 Å². The first kappa shape index (κ1) is 11.1. The van der Waals surface area contributed by atoms with Gasteiger partial charge in [0.1, 0.15) is 0 Å². The van der Waals surface area contributed by atoms with Gasteiger partial charge in [0.25, 0.3) is 0 Å². The van der Waals surface area contributed by atoms with Crippen LogP contribution in [0, 0.1) is 6.92 Å². The van der Waals surface area contributed by atoms with E-state index in [-0.39, 0.29) is 23.2 Å². The van der Waals surface area contributed by atoms with Crippen LogP contribution in [0.3, 0.4) is 0 Å². The van der Waals surface area contributed by atoms with Crippen LogP contribution in [0.2, 0.25) is 0 Å². The molecule has 1 aromatic heterocycles. The van der Waals surface area contributed by atoms with E-state index in [1.54, 1.807) is 6.92 Å². The molecule has 2 rings (SSSR count). The van der Waals surface area contributed by atoms with Gasteiger partial charge in [0.05, 0.1) is 17.5 Å². The maximum absolute atomic E-state index is 11.3. The van der Waals surface area contributed by atoms with Crippen LogP contribution in [0.1, 0.15) is 28.6 Å². The molecule has 0 radical (unpaired) electrons. The van der Waals surface area contributed by atoms with Gasteiger partial charge in [0.15, 0.2) is 15.5 Å². The Labute approximate surface area is 92.8 Å². The lowest BCUT2D eigenvalue weighted by Gasteiger charge is -2.10. The van der Waals surface area contributed by atoms with Gasteiger partial charge in [0.2, 0.25) is 0 Å². The maximum atomic E-state index is 11.3. The summed E-state index contributed by atoms with van der Waals surface area (Å²) in [4.78, 5) is 10.7. The quantitative estimate of drug-likeness (QED) is 0.805. The molecule has 0 amide bonds. The van der Waals surface area contributed by atoms with Crippen molar-refractivity contribution in [3.63, 3.8) is 0 Å². The fourth-order valence-electron chi connectivity index (χ4n) is 1.93. The van der Waals surface area contributed by atoms with Crippen LogP contribution < -0.4 is 0 Å². The topological polar surface area (TPSA) is 89.3 Å². The van der Waals surface area contributed by atoms with Crippen molar-refractivity contribution in [2.24, 2.45) is 0 Å². The van der Waals surface area contributed by atoms with E-state index in [2.05, 4.69) is 5.10 Å². The standard InChI is InChI=1S/C9H12N2O4S/c1-6-4-8(9(12)13)10-11(6)7-2-3-16(14,15)5-7/h4,7H,2-3,5H2,1H3,(H,12,13)/t7-/m0/s1. The molecule has 1 aromatic rings. The summed E-state index contributed by atoms with van der Waals surface area (Å²) >= 11 is 0. The Bertz CT molecular complexity index is 532. The Balaban J connectivity index is 2.32. The first-order valence-electron chi connectivity index (χ1n) is 4.89. The van der Waals surface area contributed by atoms with Crippen molar-refractivity contribution in [2.75, 3.05) is 11.5 Å². The Morgan fingerprint density at radius 3 is 2.75 bits per heavy atom. The molecule has 1 aliphatic rings. The molecular formula is C9H12N2O4S. The van der Waals surface area contributed by atoms with E-state index in [1.807, 2.05) is 0 Å². The highest BCUT2D eigenvalue weighted by Gasteiger charge is 2.31. The normalized spacial score (nSPS) is 23.4. The van der Waals surface area contributed by atoms with Gasteiger partial charge in [-0.05, 0) is 19.4 Å². The van der Waals surface area contributed by atoms with E-state index < -0.39 is 15.8 Å². The monoisotopic (exact) mass is 244 g/mol. The van der Waals surface area contributed by atoms with Crippen molar-refractivity contribution in [1.82, 2.24) is 9.78 Å². The molecule has 1 saturated heterocycles. The van der Waals surface area contributed by atoms with Crippen molar-refractivity contribution in [2.45, 2.75) is 19.4 Å². The number of aromatic carboxylic acids is 1. The number of carbonyl (C=O) groups is 1. The second kappa shape index (κ2) is 3.58. The van der Waals surface area contributed by atoms with E-state index in [0.717, 1.165) is 0 Å². The fourth-order valence-corrected chi connectivity index (χ4v) is 3.62. The molecule has 7 heteroatoms. The minimum Gasteiger partial charge on any atom is -0.476 e. The molecule has 1 N–H and O–H groups in total. The highest BCUT2D eigenvalue weighted by Crippen LogP contribution is 2.24. The number of hydrogen-bond donors (Lipinski definition) is 1. The molecule has 1 atom stereocenters. The lowest BCUT2D eigenvalue weighted by molar-refractivity contribution is 0.0689. The number of carboxylic acid groups (broad SMARTS) is 1. The first-order valence-corrected chi connectivity index (χ1v) is 6.71. The lowest BCUT2D eigenvalue weighted by Crippen LogP contribution is -2.14. The smallest absolute Gasteiger partial charge is 0.356 e. The second-order valence-corrected chi connectivity index (χ2v) is 6.21. The third kappa shape index (κ3) is 1.95. The minimum absolute atomic E-state index is 0.0400. The summed E-state index contributed by atoms with van der Waals surface area (Å²) in [5.74, 6) is -0.892. The summed E-state index contributed by atoms with van der Waals surface area (Å²) in [6.07, 6.45) is 0.504. The predicted molar refractivity (Wildman–Crippen MR) is 56.2 cm³/mol. The van der Waals surface area contributed by atoms with Gasteiger partial charge in [-0.25, -0.2) is 13.2 Å². The molecule has 0 unspecified atom stereocenters. The second-order valence-electron chi connectivity index (χ2n) is 3.98. The van der Waals surface area contributed by atoms with Gasteiger partial charge in [-0.1, -0.05) is 0 Å². The van der Waals surface area contributed by atoms with Crippen LogP contribution >= 0.6 is 0 Å². The van der Waals surface area contributed by atoms with Crippen LogP contribution in [0.15, 0.2) is 6.07 Å². The predicted octanol–water partition coefficient (Wildman–Crippen LogP) is 0.249. The number of hydrogen-bond acceptors (Lipinski definition) is 4. The SMILES string of the molecule is Cc1cc(C(=O)O)nn1[C@H]1CCS(=O)(=O)C1. The minimum atomic E-state index is -2.98. The molecule has 0 spiro atoms. The summed E-state index contributed by atoms with van der Waals surface area (Å²) in [7, 11) is -2.98. The maximum Gasteiger partial charge on any atom is 0.356 e. The van der Waals surface area contributed by atoms with Crippen molar-refractivity contribution < 1.29 is 18.3 Å². The van der Waals surface area contributed by atoms with Gasteiger partial charge >= 0.3 is 5.97 Å². The Kier molecular flexibility index (Phi) is 2.49. The molecule has 0 saturated carbocycles. The average Bonchev–Trinajstić information content (AvgIpc) is 2.69. The zero-order valence-electron chi connectivity index (χ0n) is 8.75. The van der Waals surface area contributed by atoms with Gasteiger partial charge in [-0.2, -0.15) is 5.10 Å². The zero-order chi connectivity index (χ0) is 11.9. The Hall–Kier alpha value is -1.37. The fraction of sp³-hybridized carbons (Fsp3) is 0.556. The Morgan fingerprint density at radius 2 is 2.31 bits per heavy atom. The number of aromatic nitrogens is 2. The van der Waals surface area contributed by atoms with Crippen LogP contribution in [-0.2, 0) is 9.84 Å². The molecule has 16 heavy (non-hydrogen) atoms. The lowest BCUT2D eigenvalue weighted by atomic mass is 10.2. The summed E-state index contributed by atoms with van der Waals surface area (Å²) < 4.78 is 24.1. The largest absolute Gasteiger partial charge is 0.476 e. The highest BCUT2D eigenvalue weighted by atomic mass is 32.2. The zero-order valence-corrected chi connectivity index (χ0v) is 9.57. The van der Waals surface area contributed by atoms with Crippen molar-refractivity contribution in [3.8, 4) is 0 Å². The number of carboxylic acids is 1. The van der Waals surface area contributed by atoms with Gasteiger partial charge in [0, 0.05) is 5.69 Å². The number of aryl methyl sites for hydroxylation is 1. The summed E-state index contributed by atoms with van der Waals surface area (Å²) in [5.41, 5.74) is 0.640. The van der Waals surface area contributed by atoms with Crippen LogP contribution in [0.4, 0.5) is 0 Å². The van der Waals surface area contributed by atoms with E-state index in [1.165, 1.54) is 10.7 Å². The summed E-state index contributed by atoms with van der Waals surface area (Å²) in [6.45, 7) is 1.73. The van der Waals surface area contributed by atoms with Gasteiger partial charge in [-0.3, -0.25) is 4.68 Å². The highest BCUT2D eigenvalue weighted by molar-refractivity contribution is 7.91. The van der Waals surface area contributed by atoms with E-state index >= 15 is 0 Å². The molecule has 0 bridgehead atoms. The number of sulfone groups is 1. The van der Waals surface area contributed by atoms with Crippen molar-refractivity contribution >= 4 is 15.8 Å².